The van der Waals surface area contributed by atoms with Crippen molar-refractivity contribution in [3.63, 3.8) is 0 Å². The molecule has 17 heavy (non-hydrogen) atoms. The first-order chi connectivity index (χ1) is 8.08. The van der Waals surface area contributed by atoms with E-state index < -0.39 is 5.60 Å². The maximum atomic E-state index is 10.5. The van der Waals surface area contributed by atoms with Gasteiger partial charge in [0.1, 0.15) is 18.8 Å². The van der Waals surface area contributed by atoms with Crippen molar-refractivity contribution >= 4 is 0 Å². The van der Waals surface area contributed by atoms with Crippen LogP contribution in [0.5, 0.6) is 11.5 Å². The topological polar surface area (TPSA) is 64.7 Å². The maximum Gasteiger partial charge on any atom is 0.161 e. The fourth-order valence-corrected chi connectivity index (χ4v) is 2.00. The molecule has 1 aromatic carbocycles. The third kappa shape index (κ3) is 2.10. The lowest BCUT2D eigenvalue weighted by Gasteiger charge is -2.32. The zero-order valence-electron chi connectivity index (χ0n) is 10.3. The summed E-state index contributed by atoms with van der Waals surface area (Å²) in [6, 6.07) is 5.49. The Labute approximate surface area is 101 Å². The van der Waals surface area contributed by atoms with E-state index in [1.807, 2.05) is 32.0 Å². The molecule has 1 unspecified atom stereocenters. The minimum absolute atomic E-state index is 0.0371. The largest absolute Gasteiger partial charge is 0.486 e. The van der Waals surface area contributed by atoms with E-state index in [0.29, 0.717) is 19.0 Å². The Morgan fingerprint density at radius 1 is 1.29 bits per heavy atom. The molecule has 1 aliphatic rings. The van der Waals surface area contributed by atoms with E-state index in [2.05, 4.69) is 0 Å². The van der Waals surface area contributed by atoms with Crippen LogP contribution in [0, 0.1) is 5.92 Å². The second kappa shape index (κ2) is 4.55. The molecule has 0 aliphatic carbocycles. The molecule has 4 heteroatoms. The van der Waals surface area contributed by atoms with E-state index in [-0.39, 0.29) is 12.5 Å². The Balaban J connectivity index is 2.39. The Kier molecular flexibility index (Phi) is 3.26. The van der Waals surface area contributed by atoms with Gasteiger partial charge in [-0.1, -0.05) is 19.9 Å². The number of rotatable bonds is 3. The smallest absolute Gasteiger partial charge is 0.161 e. The summed E-state index contributed by atoms with van der Waals surface area (Å²) in [4.78, 5) is 0. The molecule has 3 N–H and O–H groups in total. The van der Waals surface area contributed by atoms with Gasteiger partial charge < -0.3 is 20.3 Å². The van der Waals surface area contributed by atoms with Gasteiger partial charge in [-0.2, -0.15) is 0 Å². The van der Waals surface area contributed by atoms with Crippen LogP contribution >= 0.6 is 0 Å². The summed E-state index contributed by atoms with van der Waals surface area (Å²) >= 11 is 0. The number of hydrogen-bond acceptors (Lipinski definition) is 4. The van der Waals surface area contributed by atoms with E-state index in [1.54, 1.807) is 0 Å². The summed E-state index contributed by atoms with van der Waals surface area (Å²) in [5.41, 5.74) is 5.45. The molecule has 0 saturated carbocycles. The van der Waals surface area contributed by atoms with Gasteiger partial charge in [0.2, 0.25) is 0 Å². The molecule has 0 saturated heterocycles. The average Bonchev–Trinajstić information content (AvgIpc) is 2.37. The van der Waals surface area contributed by atoms with Gasteiger partial charge in [-0.3, -0.25) is 0 Å². The quantitative estimate of drug-likeness (QED) is 0.830. The first-order valence-corrected chi connectivity index (χ1v) is 5.90. The van der Waals surface area contributed by atoms with Crippen LogP contribution < -0.4 is 15.2 Å². The number of aliphatic hydroxyl groups is 1. The highest BCUT2D eigenvalue weighted by Gasteiger charge is 2.32. The molecule has 4 nitrogen and oxygen atoms in total. The van der Waals surface area contributed by atoms with Gasteiger partial charge in [-0.15, -0.1) is 0 Å². The monoisotopic (exact) mass is 237 g/mol. The fraction of sp³-hybridized carbons (Fsp3) is 0.538. The van der Waals surface area contributed by atoms with Crippen LogP contribution in [0.25, 0.3) is 0 Å². The second-order valence-electron chi connectivity index (χ2n) is 4.64. The normalized spacial score (nSPS) is 17.9. The van der Waals surface area contributed by atoms with Crippen molar-refractivity contribution in [1.29, 1.82) is 0 Å². The minimum atomic E-state index is -1.02. The van der Waals surface area contributed by atoms with Crippen LogP contribution in [-0.4, -0.2) is 24.9 Å². The van der Waals surface area contributed by atoms with Crippen molar-refractivity contribution in [3.8, 4) is 11.5 Å². The van der Waals surface area contributed by atoms with Crippen molar-refractivity contribution in [2.24, 2.45) is 11.7 Å². The van der Waals surface area contributed by atoms with Gasteiger partial charge in [0.25, 0.3) is 0 Å². The minimum Gasteiger partial charge on any atom is -0.486 e. The number of fused-ring (bicyclic) bond motifs is 1. The van der Waals surface area contributed by atoms with Gasteiger partial charge in [-0.25, -0.2) is 0 Å². The molecule has 0 radical (unpaired) electrons. The molecule has 0 bridgehead atoms. The zero-order chi connectivity index (χ0) is 12.5. The molecule has 1 heterocycles. The first kappa shape index (κ1) is 12.2. The Hall–Kier alpha value is -1.26. The Bertz CT molecular complexity index is 406. The molecule has 2 rings (SSSR count). The summed E-state index contributed by atoms with van der Waals surface area (Å²) in [5, 5.41) is 10.5. The highest BCUT2D eigenvalue weighted by molar-refractivity contribution is 5.45. The number of benzene rings is 1. The predicted molar refractivity (Wildman–Crippen MR) is 65.2 cm³/mol. The van der Waals surface area contributed by atoms with Crippen LogP contribution in [0.1, 0.15) is 19.4 Å². The summed E-state index contributed by atoms with van der Waals surface area (Å²) in [5.74, 6) is 1.44. The van der Waals surface area contributed by atoms with Gasteiger partial charge in [-0.05, 0) is 23.6 Å². The number of nitrogens with two attached hydrogens (primary N) is 1. The van der Waals surface area contributed by atoms with Crippen LogP contribution in [0.2, 0.25) is 0 Å². The average molecular weight is 237 g/mol. The highest BCUT2D eigenvalue weighted by atomic mass is 16.6. The van der Waals surface area contributed by atoms with Crippen molar-refractivity contribution in [1.82, 2.24) is 0 Å². The van der Waals surface area contributed by atoms with Gasteiger partial charge >= 0.3 is 0 Å². The van der Waals surface area contributed by atoms with E-state index in [9.17, 15) is 5.11 Å². The number of hydrogen-bond donors (Lipinski definition) is 2. The molecule has 0 aromatic heterocycles. The third-order valence-corrected chi connectivity index (χ3v) is 3.31. The lowest BCUT2D eigenvalue weighted by molar-refractivity contribution is -0.00155. The van der Waals surface area contributed by atoms with Gasteiger partial charge in [0.15, 0.2) is 11.5 Å². The van der Waals surface area contributed by atoms with Crippen molar-refractivity contribution < 1.29 is 14.6 Å². The Morgan fingerprint density at radius 3 is 2.53 bits per heavy atom. The predicted octanol–water partition coefficient (Wildman–Crippen LogP) is 1.26. The molecular weight excluding hydrogens is 218 g/mol. The SMILES string of the molecule is CC(C)C(O)(CN)c1ccc2c(c1)OCCO2. The molecule has 0 spiro atoms. The molecule has 0 amide bonds. The molecule has 1 aromatic rings. The highest BCUT2D eigenvalue weighted by Crippen LogP contribution is 2.36. The van der Waals surface area contributed by atoms with E-state index >= 15 is 0 Å². The van der Waals surface area contributed by atoms with Crippen LogP contribution in [0.3, 0.4) is 0 Å². The molecular formula is C13H19NO3. The lowest BCUT2D eigenvalue weighted by atomic mass is 9.83. The van der Waals surface area contributed by atoms with Crippen LogP contribution in [0.4, 0.5) is 0 Å². The summed E-state index contributed by atoms with van der Waals surface area (Å²) < 4.78 is 11.0. The van der Waals surface area contributed by atoms with E-state index in [4.69, 9.17) is 15.2 Å². The van der Waals surface area contributed by atoms with Gasteiger partial charge in [0, 0.05) is 6.54 Å². The third-order valence-electron chi connectivity index (χ3n) is 3.31. The second-order valence-corrected chi connectivity index (χ2v) is 4.64. The molecule has 1 atom stereocenters. The molecule has 94 valence electrons. The molecule has 0 fully saturated rings. The van der Waals surface area contributed by atoms with Gasteiger partial charge in [0.05, 0.1) is 0 Å². The van der Waals surface area contributed by atoms with Crippen LogP contribution in [0.15, 0.2) is 18.2 Å². The standard InChI is InChI=1S/C13H19NO3/c1-9(2)13(15,8-14)10-3-4-11-12(7-10)17-6-5-16-11/h3-4,7,9,15H,5-6,8,14H2,1-2H3. The van der Waals surface area contributed by atoms with Crippen molar-refractivity contribution in [3.05, 3.63) is 23.8 Å². The summed E-state index contributed by atoms with van der Waals surface area (Å²) in [7, 11) is 0. The molecule has 1 aliphatic heterocycles. The fourth-order valence-electron chi connectivity index (χ4n) is 2.00. The first-order valence-electron chi connectivity index (χ1n) is 5.90. The van der Waals surface area contributed by atoms with Crippen molar-refractivity contribution in [2.45, 2.75) is 19.4 Å². The Morgan fingerprint density at radius 2 is 1.94 bits per heavy atom. The lowest BCUT2D eigenvalue weighted by Crippen LogP contribution is -2.40. The van der Waals surface area contributed by atoms with E-state index in [1.165, 1.54) is 0 Å². The summed E-state index contributed by atoms with van der Waals surface area (Å²) in [6.07, 6.45) is 0. The summed E-state index contributed by atoms with van der Waals surface area (Å²) in [6.45, 7) is 5.19. The van der Waals surface area contributed by atoms with Crippen molar-refractivity contribution in [2.75, 3.05) is 19.8 Å². The zero-order valence-corrected chi connectivity index (χ0v) is 10.3. The number of ether oxygens (including phenoxy) is 2. The maximum absolute atomic E-state index is 10.5. The van der Waals surface area contributed by atoms with Crippen LogP contribution in [-0.2, 0) is 5.60 Å². The van der Waals surface area contributed by atoms with E-state index in [0.717, 1.165) is 11.3 Å².